The fourth-order valence-electron chi connectivity index (χ4n) is 3.46. The lowest BCUT2D eigenvalue weighted by molar-refractivity contribution is 0.0966. The highest BCUT2D eigenvalue weighted by Crippen LogP contribution is 2.18. The van der Waals surface area contributed by atoms with Crippen molar-refractivity contribution in [1.82, 2.24) is 24.0 Å². The van der Waals surface area contributed by atoms with Crippen molar-refractivity contribution in [1.29, 1.82) is 0 Å². The monoisotopic (exact) mass is 482 g/mol. The van der Waals surface area contributed by atoms with Crippen LogP contribution >= 0.6 is 15.9 Å². The van der Waals surface area contributed by atoms with Crippen molar-refractivity contribution in [2.45, 2.75) is 20.4 Å². The number of carbonyl (C=O) groups is 2. The molecule has 1 amide bonds. The molecular formula is C21H19BrN6O3. The highest BCUT2D eigenvalue weighted by atomic mass is 79.9. The van der Waals surface area contributed by atoms with Gasteiger partial charge in [0.15, 0.2) is 11.4 Å². The fraction of sp³-hybridized carbons (Fsp3) is 0.190. The first-order chi connectivity index (χ1) is 14.8. The molecular weight excluding hydrogens is 464 g/mol. The third-order valence-corrected chi connectivity index (χ3v) is 5.62. The van der Waals surface area contributed by atoms with Crippen molar-refractivity contribution in [3.8, 4) is 0 Å². The third-order valence-electron chi connectivity index (χ3n) is 5.06. The Labute approximate surface area is 185 Å². The predicted molar refractivity (Wildman–Crippen MR) is 119 cm³/mol. The van der Waals surface area contributed by atoms with Gasteiger partial charge in [0, 0.05) is 29.6 Å². The van der Waals surface area contributed by atoms with Crippen molar-refractivity contribution >= 4 is 38.7 Å². The van der Waals surface area contributed by atoms with Gasteiger partial charge in [0.2, 0.25) is 0 Å². The number of benzene rings is 1. The molecule has 1 aromatic carbocycles. The molecule has 9 nitrogen and oxygen atoms in total. The van der Waals surface area contributed by atoms with E-state index >= 15 is 0 Å². The summed E-state index contributed by atoms with van der Waals surface area (Å²) in [4.78, 5) is 42.6. The van der Waals surface area contributed by atoms with Crippen molar-refractivity contribution in [3.63, 3.8) is 0 Å². The summed E-state index contributed by atoms with van der Waals surface area (Å²) in [6, 6.07) is 10.5. The van der Waals surface area contributed by atoms with Gasteiger partial charge in [-0.05, 0) is 48.0 Å². The molecule has 0 aliphatic carbocycles. The average Bonchev–Trinajstić information content (AvgIpc) is 3.20. The Bertz CT molecular complexity index is 1380. The zero-order chi connectivity index (χ0) is 22.3. The molecule has 1 N–H and O–H groups in total. The maximum atomic E-state index is 13.0. The minimum atomic E-state index is -0.357. The molecule has 0 aliphatic rings. The molecule has 31 heavy (non-hydrogen) atoms. The number of carbonyl (C=O) groups excluding carboxylic acids is 2. The van der Waals surface area contributed by atoms with Crippen LogP contribution in [0.3, 0.4) is 0 Å². The fourth-order valence-corrected chi connectivity index (χ4v) is 4.05. The lowest BCUT2D eigenvalue weighted by Crippen LogP contribution is -2.26. The van der Waals surface area contributed by atoms with Crippen LogP contribution in [0.15, 0.2) is 52.1 Å². The predicted octanol–water partition coefficient (Wildman–Crippen LogP) is 2.58. The first-order valence-electron chi connectivity index (χ1n) is 9.44. The van der Waals surface area contributed by atoms with Crippen LogP contribution in [0, 0.1) is 13.8 Å². The molecule has 0 saturated heterocycles. The van der Waals surface area contributed by atoms with E-state index in [0.717, 1.165) is 0 Å². The van der Waals surface area contributed by atoms with E-state index in [2.05, 4.69) is 31.4 Å². The van der Waals surface area contributed by atoms with Gasteiger partial charge < -0.3 is 0 Å². The molecule has 0 aliphatic heterocycles. The van der Waals surface area contributed by atoms with Crippen LogP contribution in [0.1, 0.15) is 32.1 Å². The van der Waals surface area contributed by atoms with Gasteiger partial charge >= 0.3 is 0 Å². The number of ketones is 1. The lowest BCUT2D eigenvalue weighted by atomic mass is 10.1. The number of hydrogen-bond acceptors (Lipinski definition) is 5. The second-order valence-electron chi connectivity index (χ2n) is 7.14. The molecule has 4 rings (SSSR count). The van der Waals surface area contributed by atoms with Crippen LogP contribution < -0.4 is 11.0 Å². The number of hydrogen-bond donors (Lipinski definition) is 1. The number of rotatable bonds is 5. The normalized spacial score (nSPS) is 11.1. The number of fused-ring (bicyclic) bond motifs is 1. The van der Waals surface area contributed by atoms with Gasteiger partial charge in [0.05, 0.1) is 6.54 Å². The number of Topliss-reactive ketones (excluding diaryl/α,β-unsaturated/α-hetero) is 1. The minimum Gasteiger partial charge on any atom is -0.292 e. The number of aryl methyl sites for hydroxylation is 2. The van der Waals surface area contributed by atoms with E-state index in [1.165, 1.54) is 15.6 Å². The summed E-state index contributed by atoms with van der Waals surface area (Å²) < 4.78 is 4.71. The van der Waals surface area contributed by atoms with Crippen LogP contribution in [-0.2, 0) is 13.6 Å². The molecule has 3 aromatic heterocycles. The first-order valence-corrected chi connectivity index (χ1v) is 10.2. The van der Waals surface area contributed by atoms with Crippen LogP contribution in [0.25, 0.3) is 11.0 Å². The van der Waals surface area contributed by atoms with Gasteiger partial charge in [0.1, 0.15) is 16.3 Å². The number of aromatic nitrogens is 5. The van der Waals surface area contributed by atoms with Gasteiger partial charge in [-0.1, -0.05) is 18.2 Å². The largest absolute Gasteiger partial charge is 0.292 e. The molecule has 0 spiro atoms. The number of halogens is 1. The van der Waals surface area contributed by atoms with E-state index in [9.17, 15) is 14.4 Å². The quantitative estimate of drug-likeness (QED) is 0.440. The van der Waals surface area contributed by atoms with E-state index in [1.807, 2.05) is 6.07 Å². The van der Waals surface area contributed by atoms with E-state index in [4.69, 9.17) is 0 Å². The van der Waals surface area contributed by atoms with E-state index in [-0.39, 0.29) is 23.8 Å². The van der Waals surface area contributed by atoms with Gasteiger partial charge in [-0.15, -0.1) is 0 Å². The number of nitrogens with one attached hydrogen (secondary N) is 1. The second kappa shape index (κ2) is 7.95. The Morgan fingerprint density at radius 2 is 1.87 bits per heavy atom. The Kier molecular flexibility index (Phi) is 5.32. The molecule has 0 atom stereocenters. The highest BCUT2D eigenvalue weighted by Gasteiger charge is 2.20. The Morgan fingerprint density at radius 3 is 2.58 bits per heavy atom. The summed E-state index contributed by atoms with van der Waals surface area (Å²) in [5.74, 6) is -0.551. The smallest absolute Gasteiger partial charge is 0.270 e. The molecule has 10 heteroatoms. The summed E-state index contributed by atoms with van der Waals surface area (Å²) in [6.07, 6.45) is 1.34. The Morgan fingerprint density at radius 1 is 1.16 bits per heavy atom. The maximum Gasteiger partial charge on any atom is 0.270 e. The Balaban J connectivity index is 1.62. The highest BCUT2D eigenvalue weighted by molar-refractivity contribution is 9.10. The van der Waals surface area contributed by atoms with Crippen molar-refractivity contribution < 1.29 is 9.59 Å². The molecule has 0 saturated carbocycles. The van der Waals surface area contributed by atoms with Gasteiger partial charge in [0.25, 0.3) is 11.5 Å². The summed E-state index contributed by atoms with van der Waals surface area (Å²) in [6.45, 7) is 3.36. The molecule has 4 aromatic rings. The maximum absolute atomic E-state index is 13.0. The SMILES string of the molecule is Cc1cc(C(=O)Cn2cnc3c(c(Br)nn3C)c2=O)c(C)n1NC(=O)c1ccccc1. The number of amides is 1. The zero-order valence-corrected chi connectivity index (χ0v) is 18.7. The average molecular weight is 483 g/mol. The summed E-state index contributed by atoms with van der Waals surface area (Å²) in [5.41, 5.74) is 5.09. The third kappa shape index (κ3) is 3.70. The molecule has 158 valence electrons. The van der Waals surface area contributed by atoms with Gasteiger partial charge in [-0.2, -0.15) is 5.10 Å². The summed E-state index contributed by atoms with van der Waals surface area (Å²) >= 11 is 3.27. The summed E-state index contributed by atoms with van der Waals surface area (Å²) in [7, 11) is 1.69. The van der Waals surface area contributed by atoms with Crippen molar-refractivity contribution in [3.05, 3.63) is 80.2 Å². The standard InChI is InChI=1S/C21H19BrN6O3/c1-12-9-15(13(2)28(12)25-20(30)14-7-5-4-6-8-14)16(29)10-27-11-23-19-17(21(27)31)18(22)24-26(19)3/h4-9,11H,10H2,1-3H3,(H,25,30). The van der Waals surface area contributed by atoms with Crippen molar-refractivity contribution in [2.24, 2.45) is 7.05 Å². The topological polar surface area (TPSA) is 104 Å². The molecule has 0 unspecified atom stereocenters. The van der Waals surface area contributed by atoms with E-state index in [1.54, 1.807) is 55.9 Å². The number of nitrogens with zero attached hydrogens (tertiary/aromatic N) is 5. The first kappa shape index (κ1) is 20.7. The molecule has 0 fully saturated rings. The Hall–Kier alpha value is -3.53. The van der Waals surface area contributed by atoms with Crippen LogP contribution in [0.2, 0.25) is 0 Å². The van der Waals surface area contributed by atoms with Crippen LogP contribution in [0.5, 0.6) is 0 Å². The van der Waals surface area contributed by atoms with Crippen LogP contribution in [-0.4, -0.2) is 35.7 Å². The summed E-state index contributed by atoms with van der Waals surface area (Å²) in [5, 5.41) is 4.46. The second-order valence-corrected chi connectivity index (χ2v) is 7.89. The molecule has 3 heterocycles. The van der Waals surface area contributed by atoms with Gasteiger partial charge in [-0.3, -0.25) is 29.1 Å². The minimum absolute atomic E-state index is 0.181. The molecule has 0 bridgehead atoms. The lowest BCUT2D eigenvalue weighted by Gasteiger charge is -2.12. The van der Waals surface area contributed by atoms with E-state index in [0.29, 0.717) is 38.2 Å². The van der Waals surface area contributed by atoms with Crippen molar-refractivity contribution in [2.75, 3.05) is 5.43 Å². The molecule has 0 radical (unpaired) electrons. The van der Waals surface area contributed by atoms with E-state index < -0.39 is 0 Å². The zero-order valence-electron chi connectivity index (χ0n) is 17.1. The van der Waals surface area contributed by atoms with Gasteiger partial charge in [-0.25, -0.2) is 9.67 Å². The van der Waals surface area contributed by atoms with Crippen LogP contribution in [0.4, 0.5) is 0 Å².